The average molecular weight is 413 g/mol. The molecule has 2 aromatic rings. The second-order valence-corrected chi connectivity index (χ2v) is 7.46. The van der Waals surface area contributed by atoms with Crippen molar-refractivity contribution in [3.05, 3.63) is 65.0 Å². The number of ether oxygens (including phenoxy) is 1. The molecule has 1 fully saturated rings. The maximum absolute atomic E-state index is 13.6. The van der Waals surface area contributed by atoms with Gasteiger partial charge in [0, 0.05) is 26.2 Å². The molecule has 6 nitrogen and oxygen atoms in total. The Morgan fingerprint density at radius 1 is 1.13 bits per heavy atom. The van der Waals surface area contributed by atoms with Crippen LogP contribution in [0.15, 0.2) is 47.5 Å². The molecule has 0 aliphatic heterocycles. The zero-order chi connectivity index (χ0) is 21.3. The number of nitrogens with zero attached hydrogens (tertiary/aromatic N) is 1. The van der Waals surface area contributed by atoms with E-state index in [1.165, 1.54) is 6.07 Å². The summed E-state index contributed by atoms with van der Waals surface area (Å²) in [6.07, 6.45) is 2.94. The monoisotopic (exact) mass is 412 g/mol. The van der Waals surface area contributed by atoms with Crippen LogP contribution >= 0.6 is 0 Å². The highest BCUT2D eigenvalue weighted by molar-refractivity contribution is 5.79. The standard InChI is InChI=1S/C23H29FN4O2/c1-16-3-4-18(13-21(16)24)14-27-23(25-2)26-12-11-17-5-9-20(10-6-17)30-15-22(29)28-19-7-8-19/h3-6,9-10,13,19H,7-8,11-12,14-15H2,1-2H3,(H,28,29)(H2,25,26,27). The van der Waals surface area contributed by atoms with Crippen molar-refractivity contribution in [1.82, 2.24) is 16.0 Å². The van der Waals surface area contributed by atoms with Gasteiger partial charge in [0.15, 0.2) is 12.6 Å². The van der Waals surface area contributed by atoms with Gasteiger partial charge in [0.1, 0.15) is 11.6 Å². The first-order chi connectivity index (χ1) is 14.5. The zero-order valence-corrected chi connectivity index (χ0v) is 17.5. The number of aryl methyl sites for hydroxylation is 1. The first-order valence-corrected chi connectivity index (χ1v) is 10.2. The van der Waals surface area contributed by atoms with E-state index in [2.05, 4.69) is 20.9 Å². The van der Waals surface area contributed by atoms with Crippen LogP contribution in [0.3, 0.4) is 0 Å². The van der Waals surface area contributed by atoms with Gasteiger partial charge in [0.25, 0.3) is 5.91 Å². The fourth-order valence-electron chi connectivity index (χ4n) is 2.88. The van der Waals surface area contributed by atoms with Crippen LogP contribution < -0.4 is 20.7 Å². The predicted molar refractivity (Wildman–Crippen MR) is 116 cm³/mol. The first kappa shape index (κ1) is 21.6. The van der Waals surface area contributed by atoms with Crippen molar-refractivity contribution >= 4 is 11.9 Å². The molecule has 7 heteroatoms. The lowest BCUT2D eigenvalue weighted by atomic mass is 10.1. The van der Waals surface area contributed by atoms with Gasteiger partial charge in [-0.25, -0.2) is 4.39 Å². The van der Waals surface area contributed by atoms with Gasteiger partial charge in [-0.3, -0.25) is 9.79 Å². The van der Waals surface area contributed by atoms with Crippen LogP contribution in [0, 0.1) is 12.7 Å². The molecule has 2 aromatic carbocycles. The van der Waals surface area contributed by atoms with Crippen LogP contribution in [0.4, 0.5) is 4.39 Å². The number of hydrogen-bond acceptors (Lipinski definition) is 3. The fraction of sp³-hybridized carbons (Fsp3) is 0.391. The normalized spacial score (nSPS) is 13.6. The van der Waals surface area contributed by atoms with Crippen LogP contribution in [-0.4, -0.2) is 38.1 Å². The average Bonchev–Trinajstić information content (AvgIpc) is 3.56. The molecule has 3 rings (SSSR count). The van der Waals surface area contributed by atoms with Crippen molar-refractivity contribution in [2.45, 2.75) is 38.8 Å². The van der Waals surface area contributed by atoms with E-state index in [0.717, 1.165) is 30.4 Å². The van der Waals surface area contributed by atoms with Crippen LogP contribution in [0.5, 0.6) is 5.75 Å². The smallest absolute Gasteiger partial charge is 0.258 e. The molecule has 0 unspecified atom stereocenters. The molecule has 3 N–H and O–H groups in total. The minimum Gasteiger partial charge on any atom is -0.484 e. The Balaban J connectivity index is 1.36. The topological polar surface area (TPSA) is 74.8 Å². The molecule has 1 amide bonds. The predicted octanol–water partition coefficient (Wildman–Crippen LogP) is 2.70. The van der Waals surface area contributed by atoms with Gasteiger partial charge >= 0.3 is 0 Å². The Bertz CT molecular complexity index is 879. The molecule has 0 saturated heterocycles. The summed E-state index contributed by atoms with van der Waals surface area (Å²) in [5.41, 5.74) is 2.65. The summed E-state index contributed by atoms with van der Waals surface area (Å²) >= 11 is 0. The minimum atomic E-state index is -0.201. The molecule has 30 heavy (non-hydrogen) atoms. The van der Waals surface area contributed by atoms with Crippen molar-refractivity contribution in [1.29, 1.82) is 0 Å². The quantitative estimate of drug-likeness (QED) is 0.437. The van der Waals surface area contributed by atoms with Crippen LogP contribution in [0.2, 0.25) is 0 Å². The van der Waals surface area contributed by atoms with Gasteiger partial charge < -0.3 is 20.7 Å². The third kappa shape index (κ3) is 7.06. The molecule has 0 bridgehead atoms. The third-order valence-corrected chi connectivity index (χ3v) is 4.86. The van der Waals surface area contributed by atoms with Crippen LogP contribution in [0.1, 0.15) is 29.5 Å². The molecule has 0 radical (unpaired) electrons. The van der Waals surface area contributed by atoms with E-state index in [4.69, 9.17) is 4.74 Å². The second kappa shape index (κ2) is 10.6. The summed E-state index contributed by atoms with van der Waals surface area (Å²) < 4.78 is 19.2. The number of rotatable bonds is 9. The zero-order valence-electron chi connectivity index (χ0n) is 17.5. The van der Waals surface area contributed by atoms with E-state index < -0.39 is 0 Å². The first-order valence-electron chi connectivity index (χ1n) is 10.2. The molecule has 0 spiro atoms. The van der Waals surface area contributed by atoms with Crippen molar-refractivity contribution in [2.75, 3.05) is 20.2 Å². The lowest BCUT2D eigenvalue weighted by Crippen LogP contribution is -2.37. The number of nitrogens with one attached hydrogen (secondary N) is 3. The van der Waals surface area contributed by atoms with Gasteiger partial charge in [-0.15, -0.1) is 0 Å². The Hall–Kier alpha value is -3.09. The lowest BCUT2D eigenvalue weighted by Gasteiger charge is -2.12. The molecule has 0 aromatic heterocycles. The second-order valence-electron chi connectivity index (χ2n) is 7.46. The molecule has 0 atom stereocenters. The summed E-state index contributed by atoms with van der Waals surface area (Å²) in [6.45, 7) is 2.99. The molecule has 1 aliphatic rings. The van der Waals surface area contributed by atoms with Gasteiger partial charge in [0.05, 0.1) is 0 Å². The number of hydrogen-bond donors (Lipinski definition) is 3. The minimum absolute atomic E-state index is 0.0459. The van der Waals surface area contributed by atoms with Crippen LogP contribution in [-0.2, 0) is 17.8 Å². The molecular weight excluding hydrogens is 383 g/mol. The lowest BCUT2D eigenvalue weighted by molar-refractivity contribution is -0.123. The van der Waals surface area contributed by atoms with E-state index in [1.54, 1.807) is 20.0 Å². The van der Waals surface area contributed by atoms with Crippen molar-refractivity contribution in [2.24, 2.45) is 4.99 Å². The highest BCUT2D eigenvalue weighted by Crippen LogP contribution is 2.18. The summed E-state index contributed by atoms with van der Waals surface area (Å²) in [6, 6.07) is 13.3. The Morgan fingerprint density at radius 3 is 2.53 bits per heavy atom. The van der Waals surface area contributed by atoms with E-state index >= 15 is 0 Å². The van der Waals surface area contributed by atoms with Crippen molar-refractivity contribution in [3.63, 3.8) is 0 Å². The van der Waals surface area contributed by atoms with E-state index in [-0.39, 0.29) is 18.3 Å². The van der Waals surface area contributed by atoms with Gasteiger partial charge in [-0.2, -0.15) is 0 Å². The van der Waals surface area contributed by atoms with E-state index in [9.17, 15) is 9.18 Å². The number of carbonyl (C=O) groups excluding carboxylic acids is 1. The third-order valence-electron chi connectivity index (χ3n) is 4.86. The summed E-state index contributed by atoms with van der Waals surface area (Å²) in [7, 11) is 1.70. The Morgan fingerprint density at radius 2 is 1.87 bits per heavy atom. The van der Waals surface area contributed by atoms with Crippen molar-refractivity contribution < 1.29 is 13.9 Å². The number of guanidine groups is 1. The number of benzene rings is 2. The van der Waals surface area contributed by atoms with Crippen molar-refractivity contribution in [3.8, 4) is 5.75 Å². The van der Waals surface area contributed by atoms with Gasteiger partial charge in [-0.1, -0.05) is 24.3 Å². The summed E-state index contributed by atoms with van der Waals surface area (Å²) in [5.74, 6) is 1.07. The summed E-state index contributed by atoms with van der Waals surface area (Å²) in [4.78, 5) is 15.9. The SMILES string of the molecule is CN=C(NCCc1ccc(OCC(=O)NC2CC2)cc1)NCc1ccc(C)c(F)c1. The largest absolute Gasteiger partial charge is 0.484 e. The molecule has 1 saturated carbocycles. The number of aliphatic imine (C=N–C) groups is 1. The fourth-order valence-corrected chi connectivity index (χ4v) is 2.88. The number of halogens is 1. The molecule has 1 aliphatic carbocycles. The Labute approximate surface area is 176 Å². The summed E-state index contributed by atoms with van der Waals surface area (Å²) in [5, 5.41) is 9.34. The van der Waals surface area contributed by atoms with E-state index in [0.29, 0.717) is 36.4 Å². The van der Waals surface area contributed by atoms with Gasteiger partial charge in [-0.05, 0) is 61.1 Å². The maximum atomic E-state index is 13.6. The Kier molecular flexibility index (Phi) is 7.65. The van der Waals surface area contributed by atoms with Crippen LogP contribution in [0.25, 0.3) is 0 Å². The van der Waals surface area contributed by atoms with Gasteiger partial charge in [0.2, 0.25) is 0 Å². The number of carbonyl (C=O) groups is 1. The molecule has 160 valence electrons. The maximum Gasteiger partial charge on any atom is 0.258 e. The highest BCUT2D eigenvalue weighted by Gasteiger charge is 2.23. The molecule has 0 heterocycles. The molecular formula is C23H29FN4O2. The van der Waals surface area contributed by atoms with E-state index in [1.807, 2.05) is 30.3 Å². The highest BCUT2D eigenvalue weighted by atomic mass is 19.1. The number of amides is 1.